The van der Waals surface area contributed by atoms with Gasteiger partial charge in [-0.15, -0.1) is 0 Å². The molecule has 0 bridgehead atoms. The van der Waals surface area contributed by atoms with E-state index in [0.29, 0.717) is 0 Å². The van der Waals surface area contributed by atoms with Crippen molar-refractivity contribution in [1.29, 1.82) is 0 Å². The van der Waals surface area contributed by atoms with E-state index in [0.717, 1.165) is 0 Å². The van der Waals surface area contributed by atoms with Gasteiger partial charge in [0.1, 0.15) is 0 Å². The van der Waals surface area contributed by atoms with Crippen LogP contribution >= 0.6 is 7.06 Å². The molecule has 1 fully saturated rings. The van der Waals surface area contributed by atoms with Crippen molar-refractivity contribution in [3.8, 4) is 0 Å². The number of rotatable bonds is 0. The average molecular weight is 359 g/mol. The van der Waals surface area contributed by atoms with Crippen molar-refractivity contribution in [3.05, 3.63) is 0 Å². The van der Waals surface area contributed by atoms with E-state index in [-0.39, 0.29) is 124 Å². The van der Waals surface area contributed by atoms with Crippen molar-refractivity contribution in [2.24, 2.45) is 0 Å². The molecule has 0 amide bonds. The Balaban J connectivity index is -0.0000000150. The summed E-state index contributed by atoms with van der Waals surface area (Å²) >= 11 is 0. The zero-order chi connectivity index (χ0) is 4.86. The summed E-state index contributed by atoms with van der Waals surface area (Å²) in [4.78, 5) is 16.8. The molecule has 10 heavy (non-hydrogen) atoms. The van der Waals surface area contributed by atoms with Gasteiger partial charge in [0.15, 0.2) is 0 Å². The predicted octanol–water partition coefficient (Wildman–Crippen LogP) is -7.35. The Labute approximate surface area is 147 Å². The molecular weight excluding hydrogens is 351 g/mol. The average Bonchev–Trinajstić information content (AvgIpc) is 1.73. The summed E-state index contributed by atoms with van der Waals surface area (Å²) in [6, 6.07) is 0. The Morgan fingerprint density at radius 1 is 1.10 bits per heavy atom. The van der Waals surface area contributed by atoms with Crippen LogP contribution in [-0.4, -0.2) is 19.7 Å². The molecular formula is H7Na2O4PSiZr2. The van der Waals surface area contributed by atoms with Crippen molar-refractivity contribution >= 4 is 17.0 Å². The molecule has 0 saturated carbocycles. The van der Waals surface area contributed by atoms with E-state index in [1.165, 1.54) is 0 Å². The molecule has 1 aliphatic rings. The zero-order valence-corrected chi connectivity index (χ0v) is 18.0. The maximum atomic E-state index is 8.40. The first-order valence-electron chi connectivity index (χ1n) is 1.38. The van der Waals surface area contributed by atoms with Crippen molar-refractivity contribution in [1.82, 2.24) is 0 Å². The van der Waals surface area contributed by atoms with Gasteiger partial charge in [0.05, 0.1) is 0 Å². The van der Waals surface area contributed by atoms with E-state index in [2.05, 4.69) is 9.35 Å². The van der Waals surface area contributed by atoms with Crippen molar-refractivity contribution in [2.75, 3.05) is 0 Å². The Morgan fingerprint density at radius 2 is 1.20 bits per heavy atom. The smallest absolute Gasteiger partial charge is 1.00 e. The first kappa shape index (κ1) is 23.8. The van der Waals surface area contributed by atoms with Crippen LogP contribution in [0.4, 0.5) is 0 Å². The van der Waals surface area contributed by atoms with Crippen LogP contribution in [0.25, 0.3) is 0 Å². The Hall–Kier alpha value is 4.25. The quantitative estimate of drug-likeness (QED) is 0.195. The maximum absolute atomic E-state index is 8.40. The molecule has 0 aromatic carbocycles. The van der Waals surface area contributed by atoms with Crippen LogP contribution in [0, 0.1) is 0 Å². The summed E-state index contributed by atoms with van der Waals surface area (Å²) in [5.74, 6) is 0. The minimum atomic E-state index is -3.66. The van der Waals surface area contributed by atoms with Gasteiger partial charge in [-0.3, -0.25) is 0 Å². The van der Waals surface area contributed by atoms with Crippen molar-refractivity contribution in [2.45, 2.75) is 0 Å². The van der Waals surface area contributed by atoms with Gasteiger partial charge in [0, 0.05) is 52.4 Å². The molecule has 0 aromatic rings. The van der Waals surface area contributed by atoms with Crippen LogP contribution in [0.5, 0.6) is 0 Å². The predicted molar refractivity (Wildman–Crippen MR) is 25.7 cm³/mol. The van der Waals surface area contributed by atoms with E-state index < -0.39 is 7.06 Å². The first-order valence-corrected chi connectivity index (χ1v) is 6.49. The summed E-state index contributed by atoms with van der Waals surface area (Å²) in [5, 5.41) is 0. The third-order valence-corrected chi connectivity index (χ3v) is 1.97. The van der Waals surface area contributed by atoms with E-state index >= 15 is 0 Å². The maximum Gasteiger partial charge on any atom is 1.00 e. The minimum absolute atomic E-state index is 0. The van der Waals surface area contributed by atoms with E-state index in [1.807, 2.05) is 0 Å². The number of hydrogen-bond donors (Lipinski definition) is 2. The second-order valence-corrected chi connectivity index (χ2v) is 8.81. The molecule has 1 rings (SSSR count). The Bertz CT molecular complexity index is 92.8. The van der Waals surface area contributed by atoms with E-state index in [9.17, 15) is 0 Å². The van der Waals surface area contributed by atoms with Gasteiger partial charge >= 0.3 is 95.2 Å². The van der Waals surface area contributed by atoms with Gasteiger partial charge in [-0.25, -0.2) is 0 Å². The fraction of sp³-hybridized carbons (Fsp3) is 0. The minimum Gasteiger partial charge on any atom is -1.00 e. The molecule has 0 spiro atoms. The van der Waals surface area contributed by atoms with Crippen LogP contribution in [0.1, 0.15) is 2.85 Å². The topological polar surface area (TPSA) is 65.5 Å². The van der Waals surface area contributed by atoms with E-state index in [1.54, 1.807) is 0 Å². The molecule has 0 aliphatic carbocycles. The molecule has 4 nitrogen and oxygen atoms in total. The summed E-state index contributed by atoms with van der Waals surface area (Å²) in [6.45, 7) is 0. The molecule has 50 valence electrons. The summed E-state index contributed by atoms with van der Waals surface area (Å²) in [5.41, 5.74) is 0. The van der Waals surface area contributed by atoms with Crippen molar-refractivity contribution < 1.29 is 134 Å². The van der Waals surface area contributed by atoms with Crippen LogP contribution < -0.4 is 59.1 Å². The molecule has 10 heteroatoms. The van der Waals surface area contributed by atoms with Gasteiger partial charge in [0.25, 0.3) is 0 Å². The Kier molecular flexibility index (Phi) is 17.9. The van der Waals surface area contributed by atoms with Crippen LogP contribution in [0.15, 0.2) is 0 Å². The van der Waals surface area contributed by atoms with Crippen LogP contribution in [-0.2, 0) is 61.8 Å². The van der Waals surface area contributed by atoms with E-state index in [4.69, 9.17) is 9.79 Å². The molecule has 2 N–H and O–H groups in total. The van der Waals surface area contributed by atoms with Crippen LogP contribution in [0.2, 0.25) is 0 Å². The normalized spacial score (nSPS) is 26.0. The molecule has 0 aromatic heterocycles. The fourth-order valence-corrected chi connectivity index (χ4v) is 1.17. The molecule has 1 heterocycles. The third kappa shape index (κ3) is 12.3. The van der Waals surface area contributed by atoms with Gasteiger partial charge in [0.2, 0.25) is 0 Å². The standard InChI is InChI=1S/2Na.H5O4PSi.2Zr.2H/c;;1-5(2,6)3-4-5;;;;/h;;1-2H,6H3;;;;/q2*+1;;;;2*-1. The van der Waals surface area contributed by atoms with Crippen LogP contribution in [0.3, 0.4) is 0 Å². The SMILES string of the molecule is OP1(O)([SiH3])OO1.[H-].[H-].[Na+].[Na+].[Zr].[Zr]. The molecule has 1 saturated heterocycles. The number of hydrogen-bond acceptors (Lipinski definition) is 4. The Morgan fingerprint density at radius 3 is 1.20 bits per heavy atom. The van der Waals surface area contributed by atoms with Crippen molar-refractivity contribution in [3.63, 3.8) is 0 Å². The fourth-order valence-electron chi connectivity index (χ4n) is 0.0631. The summed E-state index contributed by atoms with van der Waals surface area (Å²) in [7, 11) is -3.49. The summed E-state index contributed by atoms with van der Waals surface area (Å²) < 4.78 is 7.77. The second-order valence-electron chi connectivity index (χ2n) is 1.40. The third-order valence-electron chi connectivity index (χ3n) is 0.357. The van der Waals surface area contributed by atoms with Gasteiger partial charge in [-0.1, -0.05) is 0 Å². The largest absolute Gasteiger partial charge is 1.00 e. The zero-order valence-electron chi connectivity index (χ0n) is 8.16. The van der Waals surface area contributed by atoms with Gasteiger partial charge < -0.3 is 2.85 Å². The summed E-state index contributed by atoms with van der Waals surface area (Å²) in [6.07, 6.45) is 0. The molecule has 0 unspecified atom stereocenters. The molecule has 0 radical (unpaired) electrons. The molecule has 0 atom stereocenters. The first-order chi connectivity index (χ1) is 2.47. The van der Waals surface area contributed by atoms with Gasteiger partial charge in [-0.05, 0) is 0 Å². The molecule has 1 aliphatic heterocycles. The monoisotopic (exact) mass is 356 g/mol. The second kappa shape index (κ2) is 7.53. The van der Waals surface area contributed by atoms with Gasteiger partial charge in [-0.2, -0.15) is 0 Å².